The van der Waals surface area contributed by atoms with Crippen molar-refractivity contribution in [2.45, 2.75) is 0 Å². The van der Waals surface area contributed by atoms with Crippen LogP contribution in [0.5, 0.6) is 0 Å². The topological polar surface area (TPSA) is 99.5 Å². The van der Waals surface area contributed by atoms with E-state index < -0.39 is 0 Å². The van der Waals surface area contributed by atoms with Crippen molar-refractivity contribution in [3.8, 4) is 0 Å². The van der Waals surface area contributed by atoms with E-state index >= 15 is 0 Å². The van der Waals surface area contributed by atoms with Crippen LogP contribution in [0.25, 0.3) is 0 Å². The molecule has 0 aliphatic heterocycles. The summed E-state index contributed by atoms with van der Waals surface area (Å²) in [6, 6.07) is 0. The van der Waals surface area contributed by atoms with E-state index in [0.717, 1.165) is 0 Å². The molecule has 5 nitrogen and oxygen atoms in total. The van der Waals surface area contributed by atoms with Gasteiger partial charge in [-0.15, -0.1) is 0 Å². The van der Waals surface area contributed by atoms with Crippen LogP contribution < -0.4 is 0 Å². The van der Waals surface area contributed by atoms with Crippen molar-refractivity contribution < 1.29 is 46.3 Å². The van der Waals surface area contributed by atoms with E-state index in [1.165, 1.54) is 18.8 Å². The minimum atomic E-state index is -0.0733. The van der Waals surface area contributed by atoms with E-state index in [4.69, 9.17) is 23.3 Å². The van der Waals surface area contributed by atoms with Crippen LogP contribution in [-0.2, 0) is 42.1 Å². The molecule has 0 unspecified atom stereocenters. The fourth-order valence-corrected chi connectivity index (χ4v) is 0. The minimum absolute atomic E-state index is 0.0733. The first-order valence-corrected chi connectivity index (χ1v) is 4.77. The van der Waals surface area contributed by atoms with E-state index in [9.17, 15) is 4.20 Å². The Morgan fingerprint density at radius 2 is 0.692 bits per heavy atom. The molecule has 0 saturated heterocycles. The van der Waals surface area contributed by atoms with Gasteiger partial charge >= 0.3 is 86.0 Å². The predicted octanol–water partition coefficient (Wildman–Crippen LogP) is 1.09. The van der Waals surface area contributed by atoms with Crippen LogP contribution in [0, 0.1) is 33.3 Å². The second-order valence-electron chi connectivity index (χ2n) is 0.0690. The average molecular weight is 286 g/mol. The van der Waals surface area contributed by atoms with Gasteiger partial charge in [-0.2, -0.15) is 0 Å². The number of hydrogen-bond donors (Lipinski definition) is 0. The molecule has 0 aliphatic rings. The molecule has 0 N–H and O–H groups in total. The molecule has 8 heteroatoms. The Morgan fingerprint density at radius 3 is 0.692 bits per heavy atom. The van der Waals surface area contributed by atoms with Gasteiger partial charge in [-0.1, -0.05) is 0 Å². The molecule has 0 aromatic heterocycles. The molecule has 0 radical (unpaired) electrons. The maximum atomic E-state index is 10.3. The third-order valence-corrected chi connectivity index (χ3v) is 0. The number of rotatable bonds is 0. The second-order valence-corrected chi connectivity index (χ2v) is 1.22. The van der Waals surface area contributed by atoms with Crippen LogP contribution in [0.4, 0.5) is 4.20 Å². The molecule has 0 saturated carbocycles. The van der Waals surface area contributed by atoms with Gasteiger partial charge < -0.3 is 0 Å². The first-order chi connectivity index (χ1) is 6.41. The molecule has 0 fully saturated rings. The van der Waals surface area contributed by atoms with E-state index in [1.54, 1.807) is 0 Å². The summed E-state index contributed by atoms with van der Waals surface area (Å²) in [5.41, 5.74) is 0. The van der Waals surface area contributed by atoms with Crippen LogP contribution in [-0.4, -0.2) is 0 Å². The van der Waals surface area contributed by atoms with E-state index in [1.807, 2.05) is 0 Å². The second kappa shape index (κ2) is 3430. The molecule has 0 spiro atoms. The van der Waals surface area contributed by atoms with E-state index in [-0.39, 0.29) is 6.53 Å². The first kappa shape index (κ1) is 38.9. The van der Waals surface area contributed by atoms with Crippen LogP contribution in [0.2, 0.25) is 0 Å². The Balaban J connectivity index is -0.0000000115. The maximum absolute atomic E-state index is 10.3. The van der Waals surface area contributed by atoms with Gasteiger partial charge in [0.25, 0.3) is 0 Å². The molecule has 0 amide bonds. The van der Waals surface area contributed by atoms with Crippen molar-refractivity contribution in [3.05, 3.63) is 33.3 Å². The van der Waals surface area contributed by atoms with Crippen LogP contribution in [0.1, 0.15) is 0 Å². The average Bonchev–Trinajstić information content (AvgIpc) is 2.32. The summed E-state index contributed by atoms with van der Waals surface area (Å²) < 4.78 is 47.8. The zero-order chi connectivity index (χ0) is 12.7. The number of halogens is 1. The van der Waals surface area contributed by atoms with Gasteiger partial charge in [0.15, 0.2) is 0 Å². The summed E-state index contributed by atoms with van der Waals surface area (Å²) in [4.78, 5) is 0. The Hall–Kier alpha value is -0.382. The summed E-state index contributed by atoms with van der Waals surface area (Å²) in [7, 11) is 0. The first-order valence-electron chi connectivity index (χ1n) is 1.37. The van der Waals surface area contributed by atoms with E-state index in [0.29, 0.717) is 0 Å². The fraction of sp³-hybridized carbons (Fsp3) is 0. The van der Waals surface area contributed by atoms with Crippen molar-refractivity contribution in [3.63, 3.8) is 0 Å². The Morgan fingerprint density at radius 1 is 0.692 bits per heavy atom. The third kappa shape index (κ3) is 7380. The summed E-state index contributed by atoms with van der Waals surface area (Å²) in [6.45, 7) is 22.4. The van der Waals surface area contributed by atoms with Crippen LogP contribution >= 0.6 is 6.53 Å². The predicted molar refractivity (Wildman–Crippen MR) is 27.7 cm³/mol. The molecule has 0 rings (SSSR count). The van der Waals surface area contributed by atoms with E-state index in [2.05, 4.69) is 33.3 Å². The molecule has 68 valence electrons. The molecule has 0 atom stereocenters. The Bertz CT molecular complexity index is 114. The molecule has 13 heavy (non-hydrogen) atoms. The standard InChI is InChI=1S/5CO.FP.Mo/c6*1-2;. The van der Waals surface area contributed by atoms with Crippen LogP contribution in [0.3, 0.4) is 0 Å². The molecule has 0 bridgehead atoms. The fourth-order valence-electron chi connectivity index (χ4n) is 0. The zero-order valence-corrected chi connectivity index (χ0v) is 8.68. The molecule has 0 heterocycles. The Kier molecular flexibility index (Phi) is 10200. The number of hydrogen-bond acceptors (Lipinski definition) is 0. The van der Waals surface area contributed by atoms with Gasteiger partial charge in [-0.25, -0.2) is 0 Å². The van der Waals surface area contributed by atoms with Gasteiger partial charge in [0, 0.05) is 0 Å². The normalized spacial score (nSPS) is 2.38. The molecular formula is C5FMoO5P. The zero-order valence-electron chi connectivity index (χ0n) is 5.77. The van der Waals surface area contributed by atoms with Gasteiger partial charge in [0.2, 0.25) is 0 Å². The van der Waals surface area contributed by atoms with Gasteiger partial charge in [-0.05, 0) is 0 Å². The van der Waals surface area contributed by atoms with Crippen LogP contribution in [0.15, 0.2) is 0 Å². The summed E-state index contributed by atoms with van der Waals surface area (Å²) in [6.07, 6.45) is 0. The van der Waals surface area contributed by atoms with Crippen molar-refractivity contribution in [1.29, 1.82) is 0 Å². The van der Waals surface area contributed by atoms with Crippen molar-refractivity contribution in [2.75, 3.05) is 0 Å². The van der Waals surface area contributed by atoms with Gasteiger partial charge in [-0.3, -0.25) is 0 Å². The van der Waals surface area contributed by atoms with Gasteiger partial charge in [0.1, 0.15) is 0 Å². The quantitative estimate of drug-likeness (QED) is 0.275. The molecule has 0 aromatic rings. The van der Waals surface area contributed by atoms with Crippen molar-refractivity contribution >= 4 is 6.53 Å². The SMILES string of the molecule is F[P]=[Mo].[C-]#[O+].[C-]#[O+].[C-]#[O+].[C-]#[O+].[C-]#[O+]. The molecule has 0 aliphatic carbocycles. The molecular weight excluding hydrogens is 286 g/mol. The summed E-state index contributed by atoms with van der Waals surface area (Å²) in [5.74, 6) is 0. The van der Waals surface area contributed by atoms with Crippen molar-refractivity contribution in [2.24, 2.45) is 0 Å². The summed E-state index contributed by atoms with van der Waals surface area (Å²) in [5, 5.41) is 0. The molecule has 0 aromatic carbocycles. The Labute approximate surface area is 86.4 Å². The van der Waals surface area contributed by atoms with Gasteiger partial charge in [0.05, 0.1) is 0 Å². The monoisotopic (exact) mass is 288 g/mol. The third-order valence-electron chi connectivity index (χ3n) is 0. The summed E-state index contributed by atoms with van der Waals surface area (Å²) >= 11 is 1.38. The van der Waals surface area contributed by atoms with Crippen molar-refractivity contribution in [1.82, 2.24) is 0 Å².